The molecule has 1 fully saturated rings. The van der Waals surface area contributed by atoms with Gasteiger partial charge >= 0.3 is 0 Å². The Labute approximate surface area is 112 Å². The van der Waals surface area contributed by atoms with E-state index >= 15 is 0 Å². The highest BCUT2D eigenvalue weighted by Gasteiger charge is 2.24. The predicted molar refractivity (Wildman–Crippen MR) is 76.0 cm³/mol. The quantitative estimate of drug-likeness (QED) is 0.801. The molecule has 0 saturated carbocycles. The van der Waals surface area contributed by atoms with E-state index in [-0.39, 0.29) is 17.1 Å². The maximum Gasteiger partial charge on any atom is 0.211 e. The number of nitrogens with one attached hydrogen (secondary N) is 2. The minimum absolute atomic E-state index is 0.134. The lowest BCUT2D eigenvalue weighted by Crippen LogP contribution is -2.40. The van der Waals surface area contributed by atoms with Crippen LogP contribution in [0.15, 0.2) is 0 Å². The standard InChI is InChI=1S/C13H28N2O2S/c1-11(13(2,3)4)8-15-18(16,17)10-12-6-5-7-14-9-12/h11-12,14-15H,5-10H2,1-4H3. The van der Waals surface area contributed by atoms with Gasteiger partial charge in [-0.1, -0.05) is 27.7 Å². The van der Waals surface area contributed by atoms with Crippen LogP contribution in [0.1, 0.15) is 40.5 Å². The first-order valence-electron chi connectivity index (χ1n) is 6.89. The molecule has 0 amide bonds. The van der Waals surface area contributed by atoms with Gasteiger partial charge in [0, 0.05) is 6.54 Å². The molecule has 1 rings (SSSR count). The zero-order chi connectivity index (χ0) is 13.8. The van der Waals surface area contributed by atoms with Crippen molar-refractivity contribution < 1.29 is 8.42 Å². The van der Waals surface area contributed by atoms with Crippen LogP contribution in [0.3, 0.4) is 0 Å². The van der Waals surface area contributed by atoms with E-state index in [0.29, 0.717) is 12.5 Å². The Morgan fingerprint density at radius 3 is 2.56 bits per heavy atom. The third-order valence-electron chi connectivity index (χ3n) is 3.94. The molecule has 1 aliphatic rings. The van der Waals surface area contributed by atoms with E-state index in [4.69, 9.17) is 0 Å². The Kier molecular flexibility index (Phi) is 5.62. The van der Waals surface area contributed by atoms with Crippen LogP contribution in [0.5, 0.6) is 0 Å². The fourth-order valence-electron chi connectivity index (χ4n) is 1.99. The number of piperidine rings is 1. The van der Waals surface area contributed by atoms with Crippen molar-refractivity contribution >= 4 is 10.0 Å². The summed E-state index contributed by atoms with van der Waals surface area (Å²) in [6.45, 7) is 10.9. The largest absolute Gasteiger partial charge is 0.316 e. The van der Waals surface area contributed by atoms with E-state index in [1.807, 2.05) is 0 Å². The van der Waals surface area contributed by atoms with Crippen molar-refractivity contribution in [2.75, 3.05) is 25.4 Å². The molecule has 2 atom stereocenters. The van der Waals surface area contributed by atoms with Gasteiger partial charge in [0.05, 0.1) is 5.75 Å². The van der Waals surface area contributed by atoms with Gasteiger partial charge in [-0.25, -0.2) is 13.1 Å². The maximum atomic E-state index is 12.0. The van der Waals surface area contributed by atoms with Crippen LogP contribution >= 0.6 is 0 Å². The van der Waals surface area contributed by atoms with Crippen molar-refractivity contribution in [1.29, 1.82) is 0 Å². The highest BCUT2D eigenvalue weighted by Crippen LogP contribution is 2.24. The van der Waals surface area contributed by atoms with Crippen LogP contribution in [-0.4, -0.2) is 33.8 Å². The molecular formula is C13H28N2O2S. The molecule has 4 nitrogen and oxygen atoms in total. The van der Waals surface area contributed by atoms with Gasteiger partial charge in [-0.3, -0.25) is 0 Å². The van der Waals surface area contributed by atoms with Crippen LogP contribution in [0.25, 0.3) is 0 Å². The molecule has 0 aromatic carbocycles. The van der Waals surface area contributed by atoms with E-state index in [1.165, 1.54) is 0 Å². The predicted octanol–water partition coefficient (Wildman–Crippen LogP) is 1.59. The van der Waals surface area contributed by atoms with Crippen LogP contribution in [0, 0.1) is 17.3 Å². The summed E-state index contributed by atoms with van der Waals surface area (Å²) in [6.07, 6.45) is 2.10. The molecule has 18 heavy (non-hydrogen) atoms. The number of hydrogen-bond donors (Lipinski definition) is 2. The van der Waals surface area contributed by atoms with Gasteiger partial charge in [-0.05, 0) is 43.2 Å². The summed E-state index contributed by atoms with van der Waals surface area (Å²) >= 11 is 0. The first kappa shape index (κ1) is 15.9. The van der Waals surface area contributed by atoms with Crippen molar-refractivity contribution in [3.8, 4) is 0 Å². The highest BCUT2D eigenvalue weighted by atomic mass is 32.2. The summed E-state index contributed by atoms with van der Waals surface area (Å²) < 4.78 is 26.7. The second-order valence-electron chi connectivity index (χ2n) is 6.61. The summed E-state index contributed by atoms with van der Waals surface area (Å²) in [7, 11) is -3.13. The van der Waals surface area contributed by atoms with Gasteiger partial charge in [0.1, 0.15) is 0 Å². The van der Waals surface area contributed by atoms with Gasteiger partial charge < -0.3 is 5.32 Å². The maximum absolute atomic E-state index is 12.0. The topological polar surface area (TPSA) is 58.2 Å². The summed E-state index contributed by atoms with van der Waals surface area (Å²) in [5, 5.41) is 3.25. The SMILES string of the molecule is CC(CNS(=O)(=O)CC1CCCNC1)C(C)(C)C. The van der Waals surface area contributed by atoms with Crippen molar-refractivity contribution in [3.05, 3.63) is 0 Å². The molecule has 2 N–H and O–H groups in total. The van der Waals surface area contributed by atoms with Crippen molar-refractivity contribution in [1.82, 2.24) is 10.0 Å². The zero-order valence-electron chi connectivity index (χ0n) is 12.1. The Morgan fingerprint density at radius 2 is 2.06 bits per heavy atom. The average Bonchev–Trinajstić information content (AvgIpc) is 2.25. The Hall–Kier alpha value is -0.130. The van der Waals surface area contributed by atoms with E-state index < -0.39 is 10.0 Å². The second-order valence-corrected chi connectivity index (χ2v) is 8.46. The molecule has 2 unspecified atom stereocenters. The molecule has 0 aliphatic carbocycles. The Bertz CT molecular complexity index is 340. The lowest BCUT2D eigenvalue weighted by atomic mass is 9.82. The summed E-state index contributed by atoms with van der Waals surface area (Å²) in [5.74, 6) is 0.856. The summed E-state index contributed by atoms with van der Waals surface area (Å²) in [5.41, 5.74) is 0.134. The lowest BCUT2D eigenvalue weighted by molar-refractivity contribution is 0.262. The Morgan fingerprint density at radius 1 is 1.39 bits per heavy atom. The van der Waals surface area contributed by atoms with Gasteiger partial charge in [-0.2, -0.15) is 0 Å². The molecule has 0 spiro atoms. The van der Waals surface area contributed by atoms with E-state index in [9.17, 15) is 8.42 Å². The zero-order valence-corrected chi connectivity index (χ0v) is 12.9. The molecule has 1 saturated heterocycles. The smallest absolute Gasteiger partial charge is 0.211 e. The fourth-order valence-corrected chi connectivity index (χ4v) is 3.52. The van der Waals surface area contributed by atoms with Gasteiger partial charge in [-0.15, -0.1) is 0 Å². The Balaban J connectivity index is 2.40. The molecule has 108 valence electrons. The van der Waals surface area contributed by atoms with Crippen LogP contribution in [-0.2, 0) is 10.0 Å². The van der Waals surface area contributed by atoms with Crippen molar-refractivity contribution in [2.45, 2.75) is 40.5 Å². The van der Waals surface area contributed by atoms with Gasteiger partial charge in [0.2, 0.25) is 10.0 Å². The number of rotatable bonds is 5. The van der Waals surface area contributed by atoms with Crippen LogP contribution in [0.2, 0.25) is 0 Å². The van der Waals surface area contributed by atoms with E-state index in [0.717, 1.165) is 25.9 Å². The minimum Gasteiger partial charge on any atom is -0.316 e. The molecule has 0 radical (unpaired) electrons. The van der Waals surface area contributed by atoms with Gasteiger partial charge in [0.25, 0.3) is 0 Å². The normalized spacial score (nSPS) is 23.9. The second kappa shape index (κ2) is 6.35. The first-order chi connectivity index (χ1) is 8.21. The monoisotopic (exact) mass is 276 g/mol. The van der Waals surface area contributed by atoms with Crippen molar-refractivity contribution in [3.63, 3.8) is 0 Å². The first-order valence-corrected chi connectivity index (χ1v) is 8.54. The average molecular weight is 276 g/mol. The highest BCUT2D eigenvalue weighted by molar-refractivity contribution is 7.89. The van der Waals surface area contributed by atoms with Crippen molar-refractivity contribution in [2.24, 2.45) is 17.3 Å². The summed E-state index contributed by atoms with van der Waals surface area (Å²) in [6, 6.07) is 0. The third kappa shape index (κ3) is 5.67. The fraction of sp³-hybridized carbons (Fsp3) is 1.00. The van der Waals surface area contributed by atoms with E-state index in [1.54, 1.807) is 0 Å². The molecule has 1 heterocycles. The van der Waals surface area contributed by atoms with Crippen LogP contribution in [0.4, 0.5) is 0 Å². The van der Waals surface area contributed by atoms with Crippen LogP contribution < -0.4 is 10.0 Å². The van der Waals surface area contributed by atoms with Gasteiger partial charge in [0.15, 0.2) is 0 Å². The van der Waals surface area contributed by atoms with E-state index in [2.05, 4.69) is 37.7 Å². The molecular weight excluding hydrogens is 248 g/mol. The lowest BCUT2D eigenvalue weighted by Gasteiger charge is -2.28. The molecule has 0 bridgehead atoms. The molecule has 0 aromatic heterocycles. The molecule has 0 aromatic rings. The minimum atomic E-state index is -3.13. The number of sulfonamides is 1. The molecule has 5 heteroatoms. The molecule has 1 aliphatic heterocycles. The summed E-state index contributed by atoms with van der Waals surface area (Å²) in [4.78, 5) is 0. The number of hydrogen-bond acceptors (Lipinski definition) is 3. The third-order valence-corrected chi connectivity index (χ3v) is 5.46.